The van der Waals surface area contributed by atoms with Crippen LogP contribution in [0, 0.1) is 0 Å². The van der Waals surface area contributed by atoms with Gasteiger partial charge >= 0.3 is 0 Å². The zero-order valence-electron chi connectivity index (χ0n) is 17.2. The summed E-state index contributed by atoms with van der Waals surface area (Å²) in [4.78, 5) is 36.8. The van der Waals surface area contributed by atoms with Gasteiger partial charge in [0, 0.05) is 10.6 Å². The molecule has 4 rings (SSSR count). The quantitative estimate of drug-likeness (QED) is 0.424. The topological polar surface area (TPSA) is 115 Å². The second-order valence-corrected chi connectivity index (χ2v) is 7.45. The van der Waals surface area contributed by atoms with Gasteiger partial charge in [-0.1, -0.05) is 41.1 Å². The molecule has 0 spiro atoms. The number of ether oxygens (including phenoxy) is 1. The zero-order valence-corrected chi connectivity index (χ0v) is 18.0. The number of nitrogens with zero attached hydrogens (tertiary/aromatic N) is 3. The molecule has 0 saturated carbocycles. The Kier molecular flexibility index (Phi) is 6.61. The Labute approximate surface area is 192 Å². The van der Waals surface area contributed by atoms with Crippen LogP contribution >= 0.6 is 11.6 Å². The SMILES string of the molecule is O=C(Cn1nnc2ccccc2c1=O)NNC(=O)c1ccc(COc2ccc(Cl)cc2)cc1. The molecule has 0 aliphatic rings. The van der Waals surface area contributed by atoms with E-state index >= 15 is 0 Å². The van der Waals surface area contributed by atoms with Gasteiger partial charge in [-0.15, -0.1) is 5.10 Å². The summed E-state index contributed by atoms with van der Waals surface area (Å²) in [6.07, 6.45) is 0. The van der Waals surface area contributed by atoms with Gasteiger partial charge in [-0.05, 0) is 54.1 Å². The number of benzene rings is 3. The van der Waals surface area contributed by atoms with Gasteiger partial charge in [0.1, 0.15) is 24.4 Å². The fourth-order valence-electron chi connectivity index (χ4n) is 2.95. The summed E-state index contributed by atoms with van der Waals surface area (Å²) >= 11 is 5.85. The predicted octanol–water partition coefficient (Wildman–Crippen LogP) is 2.49. The molecule has 166 valence electrons. The van der Waals surface area contributed by atoms with E-state index in [0.29, 0.717) is 33.8 Å². The lowest BCUT2D eigenvalue weighted by atomic mass is 10.1. The Morgan fingerprint density at radius 3 is 2.42 bits per heavy atom. The monoisotopic (exact) mass is 463 g/mol. The molecule has 0 unspecified atom stereocenters. The fraction of sp³-hybridized carbons (Fsp3) is 0.0870. The van der Waals surface area contributed by atoms with Crippen molar-refractivity contribution in [3.05, 3.63) is 99.3 Å². The average molecular weight is 464 g/mol. The van der Waals surface area contributed by atoms with Crippen molar-refractivity contribution >= 4 is 34.3 Å². The van der Waals surface area contributed by atoms with Crippen LogP contribution in [0.2, 0.25) is 5.02 Å². The molecule has 1 heterocycles. The number of hydrogen-bond acceptors (Lipinski definition) is 6. The van der Waals surface area contributed by atoms with Crippen molar-refractivity contribution in [2.75, 3.05) is 0 Å². The van der Waals surface area contributed by atoms with Crippen LogP contribution in [0.25, 0.3) is 10.9 Å². The van der Waals surface area contributed by atoms with Crippen molar-refractivity contribution in [3.63, 3.8) is 0 Å². The molecule has 3 aromatic carbocycles. The lowest BCUT2D eigenvalue weighted by molar-refractivity contribution is -0.122. The molecule has 0 radical (unpaired) electrons. The van der Waals surface area contributed by atoms with E-state index in [0.717, 1.165) is 10.2 Å². The average Bonchev–Trinajstić information content (AvgIpc) is 2.84. The van der Waals surface area contributed by atoms with Gasteiger partial charge in [0.05, 0.1) is 5.39 Å². The van der Waals surface area contributed by atoms with E-state index in [1.807, 2.05) is 0 Å². The molecule has 0 aliphatic carbocycles. The molecule has 9 nitrogen and oxygen atoms in total. The van der Waals surface area contributed by atoms with Crippen molar-refractivity contribution in [2.45, 2.75) is 13.2 Å². The minimum Gasteiger partial charge on any atom is -0.489 e. The third kappa shape index (κ3) is 5.52. The van der Waals surface area contributed by atoms with Crippen LogP contribution in [0.5, 0.6) is 5.75 Å². The standard InChI is InChI=1S/C23H18ClN5O4/c24-17-9-11-18(12-10-17)33-14-15-5-7-16(8-6-15)22(31)27-26-21(30)13-29-23(32)19-3-1-2-4-20(19)25-28-29/h1-12H,13-14H2,(H,26,30)(H,27,31). The highest BCUT2D eigenvalue weighted by molar-refractivity contribution is 6.30. The van der Waals surface area contributed by atoms with E-state index in [2.05, 4.69) is 21.2 Å². The van der Waals surface area contributed by atoms with Crippen molar-refractivity contribution in [1.29, 1.82) is 0 Å². The first kappa shape index (κ1) is 22.0. The summed E-state index contributed by atoms with van der Waals surface area (Å²) in [5.74, 6) is -0.451. The van der Waals surface area contributed by atoms with Crippen LogP contribution < -0.4 is 21.1 Å². The summed E-state index contributed by atoms with van der Waals surface area (Å²) in [5.41, 5.74) is 5.78. The van der Waals surface area contributed by atoms with Crippen LogP contribution in [-0.4, -0.2) is 26.8 Å². The summed E-state index contributed by atoms with van der Waals surface area (Å²) in [7, 11) is 0. The van der Waals surface area contributed by atoms with Gasteiger partial charge in [-0.2, -0.15) is 0 Å². The zero-order chi connectivity index (χ0) is 23.2. The van der Waals surface area contributed by atoms with Gasteiger partial charge < -0.3 is 4.74 Å². The smallest absolute Gasteiger partial charge is 0.278 e. The molecular formula is C23H18ClN5O4. The molecule has 0 bridgehead atoms. The summed E-state index contributed by atoms with van der Waals surface area (Å²) < 4.78 is 6.59. The van der Waals surface area contributed by atoms with Crippen molar-refractivity contribution in [1.82, 2.24) is 25.8 Å². The number of hydrazine groups is 1. The molecule has 0 atom stereocenters. The van der Waals surface area contributed by atoms with Gasteiger partial charge in [-0.25, -0.2) is 4.68 Å². The number of nitrogens with one attached hydrogen (secondary N) is 2. The fourth-order valence-corrected chi connectivity index (χ4v) is 3.08. The summed E-state index contributed by atoms with van der Waals surface area (Å²) in [5, 5.41) is 8.64. The molecule has 0 aliphatic heterocycles. The Bertz CT molecular complexity index is 1350. The van der Waals surface area contributed by atoms with Crippen LogP contribution in [0.4, 0.5) is 0 Å². The van der Waals surface area contributed by atoms with Crippen molar-refractivity contribution in [3.8, 4) is 5.75 Å². The Hall–Kier alpha value is -4.24. The highest BCUT2D eigenvalue weighted by Gasteiger charge is 2.11. The van der Waals surface area contributed by atoms with Gasteiger partial charge in [0.25, 0.3) is 17.4 Å². The molecule has 33 heavy (non-hydrogen) atoms. The number of fused-ring (bicyclic) bond motifs is 1. The number of carbonyl (C=O) groups excluding carboxylic acids is 2. The summed E-state index contributed by atoms with van der Waals surface area (Å²) in [6.45, 7) is -0.0697. The van der Waals surface area contributed by atoms with E-state index in [1.165, 1.54) is 0 Å². The number of carbonyl (C=O) groups is 2. The maximum absolute atomic E-state index is 12.4. The maximum Gasteiger partial charge on any atom is 0.278 e. The summed E-state index contributed by atoms with van der Waals surface area (Å²) in [6, 6.07) is 20.4. The highest BCUT2D eigenvalue weighted by Crippen LogP contribution is 2.17. The Morgan fingerprint density at radius 2 is 1.67 bits per heavy atom. The normalized spacial score (nSPS) is 10.6. The first-order valence-corrected chi connectivity index (χ1v) is 10.3. The molecule has 10 heteroatoms. The molecule has 0 fully saturated rings. The van der Waals surface area contributed by atoms with Crippen LogP contribution in [-0.2, 0) is 17.9 Å². The minimum absolute atomic E-state index is 0.321. The highest BCUT2D eigenvalue weighted by atomic mass is 35.5. The van der Waals surface area contributed by atoms with Crippen molar-refractivity contribution < 1.29 is 14.3 Å². The number of halogens is 1. The molecule has 2 N–H and O–H groups in total. The molecule has 0 saturated heterocycles. The van der Waals surface area contributed by atoms with E-state index in [1.54, 1.807) is 72.8 Å². The number of aromatic nitrogens is 3. The second-order valence-electron chi connectivity index (χ2n) is 7.01. The van der Waals surface area contributed by atoms with E-state index in [9.17, 15) is 14.4 Å². The number of rotatable bonds is 6. The van der Waals surface area contributed by atoms with Crippen molar-refractivity contribution in [2.24, 2.45) is 0 Å². The van der Waals surface area contributed by atoms with Crippen LogP contribution in [0.15, 0.2) is 77.6 Å². The number of amides is 2. The maximum atomic E-state index is 12.4. The van der Waals surface area contributed by atoms with Gasteiger partial charge in [-0.3, -0.25) is 25.2 Å². The number of hydrogen-bond donors (Lipinski definition) is 2. The lowest BCUT2D eigenvalue weighted by Gasteiger charge is -2.09. The Balaban J connectivity index is 1.29. The van der Waals surface area contributed by atoms with E-state index in [-0.39, 0.29) is 0 Å². The molecule has 4 aromatic rings. The Morgan fingerprint density at radius 1 is 0.939 bits per heavy atom. The van der Waals surface area contributed by atoms with Gasteiger partial charge in [0.2, 0.25) is 0 Å². The van der Waals surface area contributed by atoms with Crippen LogP contribution in [0.3, 0.4) is 0 Å². The minimum atomic E-state index is -0.622. The molecular weight excluding hydrogens is 446 g/mol. The molecule has 1 aromatic heterocycles. The third-order valence-corrected chi connectivity index (χ3v) is 4.93. The second kappa shape index (κ2) is 9.92. The predicted molar refractivity (Wildman–Crippen MR) is 122 cm³/mol. The lowest BCUT2D eigenvalue weighted by Crippen LogP contribution is -2.44. The molecule has 2 amide bonds. The van der Waals surface area contributed by atoms with E-state index in [4.69, 9.17) is 16.3 Å². The largest absolute Gasteiger partial charge is 0.489 e. The van der Waals surface area contributed by atoms with E-state index < -0.39 is 23.9 Å². The van der Waals surface area contributed by atoms with Gasteiger partial charge in [0.15, 0.2) is 0 Å². The third-order valence-electron chi connectivity index (χ3n) is 4.67. The first-order valence-electron chi connectivity index (χ1n) is 9.88. The first-order chi connectivity index (χ1) is 16.0. The van der Waals surface area contributed by atoms with Crippen LogP contribution in [0.1, 0.15) is 15.9 Å².